The van der Waals surface area contributed by atoms with E-state index in [1.165, 1.54) is 12.7 Å². The van der Waals surface area contributed by atoms with Crippen molar-refractivity contribution < 1.29 is 4.79 Å². The Morgan fingerprint density at radius 3 is 3.09 bits per heavy atom. The highest BCUT2D eigenvalue weighted by Gasteiger charge is 2.16. The fourth-order valence-corrected chi connectivity index (χ4v) is 1.52. The van der Waals surface area contributed by atoms with Gasteiger partial charge < -0.3 is 0 Å². The molecule has 0 N–H and O–H groups in total. The fourth-order valence-electron chi connectivity index (χ4n) is 1.52. The smallest absolute Gasteiger partial charge is 0.232 e. The zero-order valence-corrected chi connectivity index (χ0v) is 6.55. The maximum Gasteiger partial charge on any atom is 0.232 e. The third kappa shape index (κ3) is 2.75. The minimum atomic E-state index is -0.259. The van der Waals surface area contributed by atoms with Crippen LogP contribution in [0.25, 0.3) is 0 Å². The molecule has 0 amide bonds. The maximum absolute atomic E-state index is 10.7. The maximum atomic E-state index is 10.7. The topological polar surface area (TPSA) is 40.9 Å². The Balaban J connectivity index is 2.25. The average molecular weight is 148 g/mol. The van der Waals surface area contributed by atoms with Crippen LogP contribution in [0.1, 0.15) is 19.3 Å². The van der Waals surface area contributed by atoms with E-state index < -0.39 is 0 Å². The van der Waals surface area contributed by atoms with E-state index in [9.17, 15) is 4.79 Å². The third-order valence-corrected chi connectivity index (χ3v) is 2.12. The second kappa shape index (κ2) is 4.18. The molecule has 0 aliphatic carbocycles. The van der Waals surface area contributed by atoms with E-state index in [-0.39, 0.29) is 5.78 Å². The van der Waals surface area contributed by atoms with E-state index in [0.29, 0.717) is 12.3 Å². The van der Waals surface area contributed by atoms with Crippen LogP contribution in [0.3, 0.4) is 0 Å². The Bertz CT molecular complexity index is 179. The zero-order chi connectivity index (χ0) is 8.10. The molecule has 2 nitrogen and oxygen atoms in total. The SMILES string of the molecule is N#CC(=O)CC1C[B]CCC1. The summed E-state index contributed by atoms with van der Waals surface area (Å²) in [5.74, 6) is 0.196. The third-order valence-electron chi connectivity index (χ3n) is 2.12. The molecule has 0 bridgehead atoms. The van der Waals surface area contributed by atoms with E-state index in [4.69, 9.17) is 5.26 Å². The molecule has 1 unspecified atom stereocenters. The molecule has 0 aromatic rings. The molecule has 0 saturated carbocycles. The Morgan fingerprint density at radius 2 is 2.55 bits per heavy atom. The summed E-state index contributed by atoms with van der Waals surface area (Å²) in [5, 5.41) is 8.26. The van der Waals surface area contributed by atoms with Crippen LogP contribution in [0.2, 0.25) is 12.6 Å². The quantitative estimate of drug-likeness (QED) is 0.438. The zero-order valence-electron chi connectivity index (χ0n) is 6.55. The molecule has 1 saturated heterocycles. The van der Waals surface area contributed by atoms with Crippen LogP contribution in [-0.2, 0) is 4.79 Å². The van der Waals surface area contributed by atoms with Crippen LogP contribution in [0, 0.1) is 17.2 Å². The summed E-state index contributed by atoms with van der Waals surface area (Å²) in [6.45, 7) is 0. The van der Waals surface area contributed by atoms with Crippen LogP contribution < -0.4 is 0 Å². The fraction of sp³-hybridized carbons (Fsp3) is 0.750. The number of carbonyl (C=O) groups excluding carboxylic acids is 1. The van der Waals surface area contributed by atoms with Crippen molar-refractivity contribution in [2.75, 3.05) is 0 Å². The van der Waals surface area contributed by atoms with E-state index in [2.05, 4.69) is 7.28 Å². The summed E-state index contributed by atoms with van der Waals surface area (Å²) >= 11 is 0. The second-order valence-electron chi connectivity index (χ2n) is 3.06. The average Bonchev–Trinajstić information content (AvgIpc) is 2.06. The van der Waals surface area contributed by atoms with Crippen molar-refractivity contribution in [3.8, 4) is 6.07 Å². The number of rotatable bonds is 2. The summed E-state index contributed by atoms with van der Waals surface area (Å²) in [6, 6.07) is 1.66. The summed E-state index contributed by atoms with van der Waals surface area (Å²) in [6.07, 6.45) is 4.96. The molecule has 11 heavy (non-hydrogen) atoms. The molecule has 1 fully saturated rings. The summed E-state index contributed by atoms with van der Waals surface area (Å²) in [5.41, 5.74) is 0. The van der Waals surface area contributed by atoms with Crippen molar-refractivity contribution in [3.05, 3.63) is 0 Å². The first kappa shape index (κ1) is 8.32. The van der Waals surface area contributed by atoms with Gasteiger partial charge in [-0.25, -0.2) is 0 Å². The number of hydrogen-bond acceptors (Lipinski definition) is 2. The van der Waals surface area contributed by atoms with E-state index >= 15 is 0 Å². The first-order chi connectivity index (χ1) is 5.33. The van der Waals surface area contributed by atoms with Gasteiger partial charge in [-0.2, -0.15) is 5.26 Å². The Morgan fingerprint density at radius 1 is 1.73 bits per heavy atom. The lowest BCUT2D eigenvalue weighted by atomic mass is 9.59. The lowest BCUT2D eigenvalue weighted by Crippen LogP contribution is -2.13. The molecule has 1 rings (SSSR count). The van der Waals surface area contributed by atoms with Gasteiger partial charge in [0.25, 0.3) is 0 Å². The number of ketones is 1. The van der Waals surface area contributed by atoms with Crippen molar-refractivity contribution in [2.45, 2.75) is 31.9 Å². The first-order valence-electron chi connectivity index (χ1n) is 4.07. The van der Waals surface area contributed by atoms with Gasteiger partial charge in [-0.1, -0.05) is 25.5 Å². The first-order valence-corrected chi connectivity index (χ1v) is 4.07. The number of nitriles is 1. The standard InChI is InChI=1S/C8H11BNO/c10-6-8(11)4-7-2-1-3-9-5-7/h7H,1-5H2. The Hall–Kier alpha value is -0.775. The number of nitrogens with zero attached hydrogens (tertiary/aromatic N) is 1. The number of Topliss-reactive ketones (excluding diaryl/α,β-unsaturated/α-hetero) is 1. The highest BCUT2D eigenvalue weighted by Crippen LogP contribution is 2.23. The van der Waals surface area contributed by atoms with Gasteiger partial charge in [0.15, 0.2) is 0 Å². The highest BCUT2D eigenvalue weighted by molar-refractivity contribution is 6.35. The molecule has 0 spiro atoms. The molecule has 3 heteroatoms. The minimum Gasteiger partial charge on any atom is -0.283 e. The van der Waals surface area contributed by atoms with Crippen molar-refractivity contribution in [2.24, 2.45) is 5.92 Å². The van der Waals surface area contributed by atoms with Crippen LogP contribution in [0.4, 0.5) is 0 Å². The van der Waals surface area contributed by atoms with E-state index in [1.807, 2.05) is 0 Å². The molecule has 1 heterocycles. The van der Waals surface area contributed by atoms with Gasteiger partial charge in [-0.05, 0) is 5.92 Å². The Kier molecular flexibility index (Phi) is 3.16. The molecular formula is C8H11BNO. The van der Waals surface area contributed by atoms with Gasteiger partial charge in [0.05, 0.1) is 0 Å². The van der Waals surface area contributed by atoms with Crippen molar-refractivity contribution in [1.82, 2.24) is 0 Å². The number of hydrogen-bond donors (Lipinski definition) is 0. The molecule has 1 aliphatic heterocycles. The van der Waals surface area contributed by atoms with Gasteiger partial charge in [0.1, 0.15) is 13.3 Å². The van der Waals surface area contributed by atoms with Crippen LogP contribution >= 0.6 is 0 Å². The molecular weight excluding hydrogens is 137 g/mol. The van der Waals surface area contributed by atoms with Gasteiger partial charge in [0, 0.05) is 6.42 Å². The van der Waals surface area contributed by atoms with Crippen molar-refractivity contribution >= 4 is 13.1 Å². The van der Waals surface area contributed by atoms with Crippen LogP contribution in [-0.4, -0.2) is 13.1 Å². The van der Waals surface area contributed by atoms with Crippen molar-refractivity contribution in [1.29, 1.82) is 5.26 Å². The normalized spacial score (nSPS) is 23.4. The monoisotopic (exact) mass is 148 g/mol. The van der Waals surface area contributed by atoms with Crippen LogP contribution in [0.15, 0.2) is 0 Å². The van der Waals surface area contributed by atoms with Gasteiger partial charge in [0.2, 0.25) is 5.78 Å². The molecule has 1 radical (unpaired) electrons. The van der Waals surface area contributed by atoms with E-state index in [0.717, 1.165) is 12.7 Å². The van der Waals surface area contributed by atoms with Gasteiger partial charge >= 0.3 is 0 Å². The van der Waals surface area contributed by atoms with Gasteiger partial charge in [-0.3, -0.25) is 4.79 Å². The lowest BCUT2D eigenvalue weighted by molar-refractivity contribution is -0.114. The van der Waals surface area contributed by atoms with Crippen molar-refractivity contribution in [3.63, 3.8) is 0 Å². The number of carbonyl (C=O) groups is 1. The summed E-state index contributed by atoms with van der Waals surface area (Å²) < 4.78 is 0. The lowest BCUT2D eigenvalue weighted by Gasteiger charge is -2.18. The molecule has 1 atom stereocenters. The van der Waals surface area contributed by atoms with Gasteiger partial charge in [-0.15, -0.1) is 0 Å². The Labute approximate surface area is 67.8 Å². The molecule has 1 aliphatic rings. The summed E-state index contributed by atoms with van der Waals surface area (Å²) in [4.78, 5) is 10.7. The summed E-state index contributed by atoms with van der Waals surface area (Å²) in [7, 11) is 2.22. The van der Waals surface area contributed by atoms with Crippen LogP contribution in [0.5, 0.6) is 0 Å². The highest BCUT2D eigenvalue weighted by atomic mass is 16.1. The predicted molar refractivity (Wildman–Crippen MR) is 43.3 cm³/mol. The molecule has 0 aromatic heterocycles. The molecule has 0 aromatic carbocycles. The largest absolute Gasteiger partial charge is 0.283 e. The van der Waals surface area contributed by atoms with E-state index in [1.54, 1.807) is 6.07 Å². The predicted octanol–water partition coefficient (Wildman–Crippen LogP) is 1.42. The molecule has 57 valence electrons. The minimum absolute atomic E-state index is 0.259. The second-order valence-corrected chi connectivity index (χ2v) is 3.06.